The Labute approximate surface area is 152 Å². The van der Waals surface area contributed by atoms with Crippen molar-refractivity contribution in [3.05, 3.63) is 78.4 Å². The summed E-state index contributed by atoms with van der Waals surface area (Å²) in [6.45, 7) is 4.52. The molecule has 1 N–H and O–H groups in total. The standard InChI is InChI=1S/C20H21N3OS/c1-15-3-9-19(10-4-15)25-16(2)20(24)22-13-17-5-7-18(8-6-17)23-12-11-21-14-23/h3-12,14,16H,13H2,1-2H3,(H,22,24)/t16-/m1/s1. The smallest absolute Gasteiger partial charge is 0.233 e. The molecule has 25 heavy (non-hydrogen) atoms. The summed E-state index contributed by atoms with van der Waals surface area (Å²) in [5.41, 5.74) is 3.35. The number of amides is 1. The predicted octanol–water partition coefficient (Wildman–Crippen LogP) is 3.98. The van der Waals surface area contributed by atoms with E-state index in [2.05, 4.69) is 41.5 Å². The van der Waals surface area contributed by atoms with E-state index < -0.39 is 0 Å². The third kappa shape index (κ3) is 4.73. The van der Waals surface area contributed by atoms with Gasteiger partial charge in [0.1, 0.15) is 0 Å². The zero-order chi connectivity index (χ0) is 17.6. The molecule has 0 saturated carbocycles. The van der Waals surface area contributed by atoms with Gasteiger partial charge in [-0.2, -0.15) is 0 Å². The van der Waals surface area contributed by atoms with Gasteiger partial charge in [-0.1, -0.05) is 29.8 Å². The summed E-state index contributed by atoms with van der Waals surface area (Å²) >= 11 is 1.57. The Hall–Kier alpha value is -2.53. The second-order valence-electron chi connectivity index (χ2n) is 5.93. The highest BCUT2D eigenvalue weighted by molar-refractivity contribution is 8.00. The number of thioether (sulfide) groups is 1. The van der Waals surface area contributed by atoms with Crippen LogP contribution in [0.3, 0.4) is 0 Å². The Morgan fingerprint density at radius 1 is 1.16 bits per heavy atom. The predicted molar refractivity (Wildman–Crippen MR) is 102 cm³/mol. The topological polar surface area (TPSA) is 46.9 Å². The van der Waals surface area contributed by atoms with E-state index in [4.69, 9.17) is 0 Å². The number of hydrogen-bond donors (Lipinski definition) is 1. The Balaban J connectivity index is 1.52. The first-order chi connectivity index (χ1) is 12.1. The van der Waals surface area contributed by atoms with Gasteiger partial charge in [-0.05, 0) is 43.7 Å². The summed E-state index contributed by atoms with van der Waals surface area (Å²) in [7, 11) is 0. The van der Waals surface area contributed by atoms with Gasteiger partial charge in [-0.25, -0.2) is 4.98 Å². The Kier molecular flexibility index (Phi) is 5.56. The van der Waals surface area contributed by atoms with Gasteiger partial charge in [-0.3, -0.25) is 4.79 Å². The molecule has 3 rings (SSSR count). The lowest BCUT2D eigenvalue weighted by molar-refractivity contribution is -0.120. The van der Waals surface area contributed by atoms with Crippen molar-refractivity contribution in [2.24, 2.45) is 0 Å². The van der Waals surface area contributed by atoms with Crippen molar-refractivity contribution < 1.29 is 4.79 Å². The molecular weight excluding hydrogens is 330 g/mol. The average molecular weight is 351 g/mol. The number of aromatic nitrogens is 2. The van der Waals surface area contributed by atoms with E-state index in [0.717, 1.165) is 16.1 Å². The van der Waals surface area contributed by atoms with Crippen LogP contribution >= 0.6 is 11.8 Å². The number of benzene rings is 2. The molecule has 1 atom stereocenters. The van der Waals surface area contributed by atoms with Crippen LogP contribution in [0, 0.1) is 6.92 Å². The highest BCUT2D eigenvalue weighted by Gasteiger charge is 2.13. The second-order valence-corrected chi connectivity index (χ2v) is 7.34. The van der Waals surface area contributed by atoms with Gasteiger partial charge >= 0.3 is 0 Å². The van der Waals surface area contributed by atoms with Crippen LogP contribution in [0.4, 0.5) is 0 Å². The van der Waals surface area contributed by atoms with Gasteiger partial charge < -0.3 is 9.88 Å². The fourth-order valence-corrected chi connectivity index (χ4v) is 3.30. The summed E-state index contributed by atoms with van der Waals surface area (Å²) in [4.78, 5) is 17.4. The molecule has 0 aliphatic heterocycles. The molecule has 0 radical (unpaired) electrons. The van der Waals surface area contributed by atoms with Crippen LogP contribution < -0.4 is 5.32 Å². The first-order valence-electron chi connectivity index (χ1n) is 8.20. The van der Waals surface area contributed by atoms with Crippen LogP contribution in [0.1, 0.15) is 18.1 Å². The van der Waals surface area contributed by atoms with Crippen LogP contribution in [0.2, 0.25) is 0 Å². The van der Waals surface area contributed by atoms with Crippen LogP contribution in [0.5, 0.6) is 0 Å². The molecule has 3 aromatic rings. The van der Waals surface area contributed by atoms with Gasteiger partial charge in [0.05, 0.1) is 11.6 Å². The van der Waals surface area contributed by atoms with Crippen molar-refractivity contribution in [3.8, 4) is 5.69 Å². The number of aryl methyl sites for hydroxylation is 1. The summed E-state index contributed by atoms with van der Waals surface area (Å²) in [5.74, 6) is 0.0456. The molecular formula is C20H21N3OS. The van der Waals surface area contributed by atoms with Crippen molar-refractivity contribution in [2.45, 2.75) is 30.5 Å². The average Bonchev–Trinajstić information content (AvgIpc) is 3.16. The second kappa shape index (κ2) is 8.03. The van der Waals surface area contributed by atoms with Gasteiger partial charge in [0.15, 0.2) is 0 Å². The Morgan fingerprint density at radius 3 is 2.52 bits per heavy atom. The van der Waals surface area contributed by atoms with E-state index in [1.54, 1.807) is 24.3 Å². The summed E-state index contributed by atoms with van der Waals surface area (Å²) in [6, 6.07) is 16.3. The Bertz CT molecular complexity index is 811. The molecule has 0 aliphatic carbocycles. The summed E-state index contributed by atoms with van der Waals surface area (Å²) < 4.78 is 1.95. The molecule has 128 valence electrons. The van der Waals surface area contributed by atoms with Crippen LogP contribution in [0.15, 0.2) is 72.1 Å². The zero-order valence-corrected chi connectivity index (χ0v) is 15.2. The number of rotatable bonds is 6. The van der Waals surface area contributed by atoms with Crippen molar-refractivity contribution in [2.75, 3.05) is 0 Å². The normalized spacial score (nSPS) is 11.9. The number of carbonyl (C=O) groups is 1. The maximum Gasteiger partial charge on any atom is 0.233 e. The molecule has 1 aromatic heterocycles. The van der Waals surface area contributed by atoms with Gasteiger partial charge in [-0.15, -0.1) is 11.8 Å². The minimum Gasteiger partial charge on any atom is -0.351 e. The van der Waals surface area contributed by atoms with Crippen molar-refractivity contribution in [1.82, 2.24) is 14.9 Å². The third-order valence-corrected chi connectivity index (χ3v) is 5.02. The maximum absolute atomic E-state index is 12.3. The molecule has 0 spiro atoms. The molecule has 1 heterocycles. The Morgan fingerprint density at radius 2 is 1.88 bits per heavy atom. The zero-order valence-electron chi connectivity index (χ0n) is 14.3. The van der Waals surface area contributed by atoms with E-state index in [0.29, 0.717) is 6.54 Å². The summed E-state index contributed by atoms with van der Waals surface area (Å²) in [6.07, 6.45) is 5.42. The van der Waals surface area contributed by atoms with E-state index in [1.165, 1.54) is 5.56 Å². The SMILES string of the molecule is Cc1ccc(S[C@H](C)C(=O)NCc2ccc(-n3ccnc3)cc2)cc1. The minimum atomic E-state index is -0.132. The van der Waals surface area contributed by atoms with Gasteiger partial charge in [0.2, 0.25) is 5.91 Å². The molecule has 5 heteroatoms. The van der Waals surface area contributed by atoms with E-state index in [9.17, 15) is 4.79 Å². The van der Waals surface area contributed by atoms with Crippen LogP contribution in [-0.2, 0) is 11.3 Å². The molecule has 0 bridgehead atoms. The molecule has 0 unspecified atom stereocenters. The lowest BCUT2D eigenvalue weighted by Gasteiger charge is -2.12. The van der Waals surface area contributed by atoms with Crippen molar-refractivity contribution >= 4 is 17.7 Å². The largest absolute Gasteiger partial charge is 0.351 e. The molecule has 0 fully saturated rings. The number of hydrogen-bond acceptors (Lipinski definition) is 3. The van der Waals surface area contributed by atoms with Crippen molar-refractivity contribution in [1.29, 1.82) is 0 Å². The lowest BCUT2D eigenvalue weighted by Crippen LogP contribution is -2.30. The van der Waals surface area contributed by atoms with Crippen molar-refractivity contribution in [3.63, 3.8) is 0 Å². The molecule has 4 nitrogen and oxygen atoms in total. The highest BCUT2D eigenvalue weighted by Crippen LogP contribution is 2.23. The number of carbonyl (C=O) groups excluding carboxylic acids is 1. The van der Waals surface area contributed by atoms with Gasteiger partial charge in [0, 0.05) is 29.5 Å². The van der Waals surface area contributed by atoms with E-state index in [-0.39, 0.29) is 11.2 Å². The fraction of sp³-hybridized carbons (Fsp3) is 0.200. The van der Waals surface area contributed by atoms with E-state index in [1.807, 2.05) is 42.0 Å². The molecule has 2 aromatic carbocycles. The van der Waals surface area contributed by atoms with Gasteiger partial charge in [0.25, 0.3) is 0 Å². The first-order valence-corrected chi connectivity index (χ1v) is 9.08. The minimum absolute atomic E-state index is 0.0456. The highest BCUT2D eigenvalue weighted by atomic mass is 32.2. The first kappa shape index (κ1) is 17.3. The third-order valence-electron chi connectivity index (χ3n) is 3.91. The quantitative estimate of drug-likeness (QED) is 0.684. The molecule has 0 aliphatic rings. The summed E-state index contributed by atoms with van der Waals surface area (Å²) in [5, 5.41) is 2.87. The number of imidazole rings is 1. The number of nitrogens with zero attached hydrogens (tertiary/aromatic N) is 2. The maximum atomic E-state index is 12.3. The molecule has 0 saturated heterocycles. The lowest BCUT2D eigenvalue weighted by atomic mass is 10.2. The molecule has 1 amide bonds. The monoisotopic (exact) mass is 351 g/mol. The van der Waals surface area contributed by atoms with E-state index >= 15 is 0 Å². The van der Waals surface area contributed by atoms with Crippen LogP contribution in [-0.4, -0.2) is 20.7 Å². The number of nitrogens with one attached hydrogen (secondary N) is 1. The van der Waals surface area contributed by atoms with Crippen LogP contribution in [0.25, 0.3) is 5.69 Å². The fourth-order valence-electron chi connectivity index (χ4n) is 2.41.